The van der Waals surface area contributed by atoms with Crippen molar-refractivity contribution in [3.63, 3.8) is 0 Å². The molecule has 0 aliphatic carbocycles. The standard InChI is InChI=1S/C11H22N2O/c14-9-3-6-12-5-2-8-13-7-1-4-11(13)10-12/h11,14H,1-10H2. The van der Waals surface area contributed by atoms with Crippen molar-refractivity contribution < 1.29 is 5.11 Å². The predicted molar refractivity (Wildman–Crippen MR) is 57.4 cm³/mol. The first-order valence-electron chi connectivity index (χ1n) is 5.97. The molecule has 0 saturated carbocycles. The minimum atomic E-state index is 0.338. The third kappa shape index (κ3) is 2.47. The van der Waals surface area contributed by atoms with E-state index in [2.05, 4.69) is 9.80 Å². The lowest BCUT2D eigenvalue weighted by Crippen LogP contribution is -2.37. The number of aliphatic hydroxyl groups is 1. The molecule has 0 bridgehead atoms. The molecule has 2 aliphatic heterocycles. The Morgan fingerprint density at radius 3 is 2.86 bits per heavy atom. The molecule has 1 atom stereocenters. The second-order valence-corrected chi connectivity index (χ2v) is 4.56. The first-order chi connectivity index (χ1) is 6.90. The summed E-state index contributed by atoms with van der Waals surface area (Å²) in [5, 5.41) is 8.82. The third-order valence-corrected chi connectivity index (χ3v) is 3.52. The second kappa shape index (κ2) is 5.10. The molecule has 0 radical (unpaired) electrons. The Labute approximate surface area is 86.7 Å². The maximum absolute atomic E-state index is 8.82. The lowest BCUT2D eigenvalue weighted by Gasteiger charge is -2.25. The molecule has 2 rings (SSSR count). The molecule has 2 fully saturated rings. The fraction of sp³-hybridized carbons (Fsp3) is 1.00. The fourth-order valence-electron chi connectivity index (χ4n) is 2.78. The largest absolute Gasteiger partial charge is 0.396 e. The highest BCUT2D eigenvalue weighted by Crippen LogP contribution is 2.21. The van der Waals surface area contributed by atoms with Gasteiger partial charge in [-0.05, 0) is 45.3 Å². The second-order valence-electron chi connectivity index (χ2n) is 4.56. The van der Waals surface area contributed by atoms with Gasteiger partial charge in [-0.2, -0.15) is 0 Å². The van der Waals surface area contributed by atoms with Crippen LogP contribution < -0.4 is 0 Å². The number of aliphatic hydroxyl groups excluding tert-OH is 1. The Hall–Kier alpha value is -0.120. The van der Waals surface area contributed by atoms with E-state index in [9.17, 15) is 0 Å². The van der Waals surface area contributed by atoms with Crippen LogP contribution in [-0.2, 0) is 0 Å². The van der Waals surface area contributed by atoms with Gasteiger partial charge in [0, 0.05) is 25.7 Å². The summed E-state index contributed by atoms with van der Waals surface area (Å²) in [5.74, 6) is 0. The molecule has 1 unspecified atom stereocenters. The van der Waals surface area contributed by atoms with Crippen molar-refractivity contribution in [1.82, 2.24) is 9.80 Å². The van der Waals surface area contributed by atoms with E-state index in [1.54, 1.807) is 0 Å². The van der Waals surface area contributed by atoms with E-state index >= 15 is 0 Å². The van der Waals surface area contributed by atoms with E-state index in [1.807, 2.05) is 0 Å². The number of nitrogens with zero attached hydrogens (tertiary/aromatic N) is 2. The lowest BCUT2D eigenvalue weighted by atomic mass is 10.2. The lowest BCUT2D eigenvalue weighted by molar-refractivity contribution is 0.200. The highest BCUT2D eigenvalue weighted by atomic mass is 16.3. The Morgan fingerprint density at radius 1 is 1.14 bits per heavy atom. The van der Waals surface area contributed by atoms with E-state index < -0.39 is 0 Å². The third-order valence-electron chi connectivity index (χ3n) is 3.52. The average Bonchev–Trinajstić information content (AvgIpc) is 2.54. The van der Waals surface area contributed by atoms with Gasteiger partial charge in [-0.15, -0.1) is 0 Å². The van der Waals surface area contributed by atoms with Crippen LogP contribution in [-0.4, -0.2) is 60.3 Å². The van der Waals surface area contributed by atoms with Crippen LogP contribution in [0.15, 0.2) is 0 Å². The van der Waals surface area contributed by atoms with Crippen LogP contribution in [0.3, 0.4) is 0 Å². The number of hydrogen-bond acceptors (Lipinski definition) is 3. The van der Waals surface area contributed by atoms with Gasteiger partial charge in [-0.25, -0.2) is 0 Å². The van der Waals surface area contributed by atoms with Gasteiger partial charge in [-0.3, -0.25) is 4.90 Å². The van der Waals surface area contributed by atoms with Gasteiger partial charge in [0.25, 0.3) is 0 Å². The molecule has 0 aromatic heterocycles. The fourth-order valence-corrected chi connectivity index (χ4v) is 2.78. The number of rotatable bonds is 3. The van der Waals surface area contributed by atoms with Gasteiger partial charge in [0.2, 0.25) is 0 Å². The molecule has 14 heavy (non-hydrogen) atoms. The number of fused-ring (bicyclic) bond motifs is 1. The Kier molecular flexibility index (Phi) is 3.79. The Morgan fingerprint density at radius 2 is 2.00 bits per heavy atom. The topological polar surface area (TPSA) is 26.7 Å². The molecule has 2 heterocycles. The summed E-state index contributed by atoms with van der Waals surface area (Å²) in [7, 11) is 0. The van der Waals surface area contributed by atoms with Crippen molar-refractivity contribution >= 4 is 0 Å². The smallest absolute Gasteiger partial charge is 0.0443 e. The van der Waals surface area contributed by atoms with Gasteiger partial charge in [0.05, 0.1) is 0 Å². The molecule has 3 heteroatoms. The van der Waals surface area contributed by atoms with Crippen LogP contribution in [0.1, 0.15) is 25.7 Å². The maximum Gasteiger partial charge on any atom is 0.0443 e. The quantitative estimate of drug-likeness (QED) is 0.717. The summed E-state index contributed by atoms with van der Waals surface area (Å²) >= 11 is 0. The Bertz CT molecular complexity index is 173. The van der Waals surface area contributed by atoms with Gasteiger partial charge in [-0.1, -0.05) is 0 Å². The molecule has 1 N–H and O–H groups in total. The molecular weight excluding hydrogens is 176 g/mol. The van der Waals surface area contributed by atoms with Gasteiger partial charge in [0.15, 0.2) is 0 Å². The monoisotopic (exact) mass is 198 g/mol. The maximum atomic E-state index is 8.82. The summed E-state index contributed by atoms with van der Waals surface area (Å²) in [4.78, 5) is 5.19. The van der Waals surface area contributed by atoms with E-state index in [-0.39, 0.29) is 0 Å². The van der Waals surface area contributed by atoms with Crippen molar-refractivity contribution in [2.75, 3.05) is 39.3 Å². The molecule has 0 aromatic rings. The Balaban J connectivity index is 1.82. The van der Waals surface area contributed by atoms with Crippen LogP contribution in [0.2, 0.25) is 0 Å². The van der Waals surface area contributed by atoms with Crippen molar-refractivity contribution in [1.29, 1.82) is 0 Å². The van der Waals surface area contributed by atoms with E-state index in [1.165, 1.54) is 45.4 Å². The minimum absolute atomic E-state index is 0.338. The first-order valence-corrected chi connectivity index (χ1v) is 5.97. The van der Waals surface area contributed by atoms with Gasteiger partial charge in [0.1, 0.15) is 0 Å². The minimum Gasteiger partial charge on any atom is -0.396 e. The molecule has 0 amide bonds. The number of hydrogen-bond donors (Lipinski definition) is 1. The van der Waals surface area contributed by atoms with Gasteiger partial charge >= 0.3 is 0 Å². The highest BCUT2D eigenvalue weighted by Gasteiger charge is 2.28. The van der Waals surface area contributed by atoms with Crippen molar-refractivity contribution in [2.24, 2.45) is 0 Å². The van der Waals surface area contributed by atoms with Crippen LogP contribution in [0.5, 0.6) is 0 Å². The van der Waals surface area contributed by atoms with Crippen molar-refractivity contribution in [3.05, 3.63) is 0 Å². The zero-order valence-corrected chi connectivity index (χ0v) is 8.99. The zero-order chi connectivity index (χ0) is 9.80. The highest BCUT2D eigenvalue weighted by molar-refractivity contribution is 4.84. The van der Waals surface area contributed by atoms with Crippen molar-refractivity contribution in [3.8, 4) is 0 Å². The molecule has 2 aliphatic rings. The predicted octanol–water partition coefficient (Wildman–Crippen LogP) is 0.539. The average molecular weight is 198 g/mol. The molecular formula is C11H22N2O. The van der Waals surface area contributed by atoms with Crippen LogP contribution >= 0.6 is 0 Å². The van der Waals surface area contributed by atoms with E-state index in [0.717, 1.165) is 19.0 Å². The summed E-state index contributed by atoms with van der Waals surface area (Å²) in [6.45, 7) is 6.50. The molecule has 0 aromatic carbocycles. The van der Waals surface area contributed by atoms with E-state index in [0.29, 0.717) is 6.61 Å². The first kappa shape index (κ1) is 10.4. The summed E-state index contributed by atoms with van der Waals surface area (Å²) in [6.07, 6.45) is 5.02. The van der Waals surface area contributed by atoms with Crippen LogP contribution in [0.4, 0.5) is 0 Å². The molecule has 82 valence electrons. The van der Waals surface area contributed by atoms with Crippen LogP contribution in [0, 0.1) is 0 Å². The molecule has 0 spiro atoms. The zero-order valence-electron chi connectivity index (χ0n) is 8.99. The SMILES string of the molecule is OCCCN1CCCN2CCCC2C1. The van der Waals surface area contributed by atoms with Crippen molar-refractivity contribution in [2.45, 2.75) is 31.7 Å². The molecule has 3 nitrogen and oxygen atoms in total. The van der Waals surface area contributed by atoms with Gasteiger partial charge < -0.3 is 10.0 Å². The normalized spacial score (nSPS) is 30.2. The summed E-state index contributed by atoms with van der Waals surface area (Å²) < 4.78 is 0. The van der Waals surface area contributed by atoms with Crippen LogP contribution in [0.25, 0.3) is 0 Å². The molecule has 2 saturated heterocycles. The summed E-state index contributed by atoms with van der Waals surface area (Å²) in [6, 6.07) is 0.816. The summed E-state index contributed by atoms with van der Waals surface area (Å²) in [5.41, 5.74) is 0. The van der Waals surface area contributed by atoms with E-state index in [4.69, 9.17) is 5.11 Å².